The third-order valence-corrected chi connectivity index (χ3v) is 5.81. The maximum atomic E-state index is 12.4. The van der Waals surface area contributed by atoms with Crippen LogP contribution in [0.15, 0.2) is 42.6 Å². The van der Waals surface area contributed by atoms with Crippen LogP contribution >= 0.6 is 0 Å². The van der Waals surface area contributed by atoms with Crippen LogP contribution in [0.3, 0.4) is 0 Å². The van der Waals surface area contributed by atoms with E-state index in [0.717, 1.165) is 24.9 Å². The van der Waals surface area contributed by atoms with Crippen molar-refractivity contribution in [2.45, 2.75) is 19.0 Å². The van der Waals surface area contributed by atoms with Gasteiger partial charge in [-0.15, -0.1) is 0 Å². The predicted octanol–water partition coefficient (Wildman–Crippen LogP) is 1.10. The number of piperidine rings is 1. The highest BCUT2D eigenvalue weighted by atomic mass is 16.2. The number of rotatable bonds is 5. The first-order chi connectivity index (χ1) is 14.9. The van der Waals surface area contributed by atoms with Crippen LogP contribution in [-0.4, -0.2) is 54.3 Å². The van der Waals surface area contributed by atoms with Crippen LogP contribution in [0, 0.1) is 5.92 Å². The number of carbonyl (C=O) groups is 3. The number of aromatic nitrogens is 1. The molecule has 2 atom stereocenters. The molecule has 1 aromatic carbocycles. The molecule has 1 aromatic heterocycles. The first kappa shape index (κ1) is 20.8. The number of amides is 3. The molecule has 0 aliphatic carbocycles. The number of hydrogen-bond donors (Lipinski definition) is 3. The summed E-state index contributed by atoms with van der Waals surface area (Å²) in [6, 6.07) is 10.8. The third-order valence-electron chi connectivity index (χ3n) is 5.81. The lowest BCUT2D eigenvalue weighted by molar-refractivity contribution is -0.125. The monoisotopic (exact) mass is 422 g/mol. The van der Waals surface area contributed by atoms with E-state index >= 15 is 0 Å². The first-order valence-corrected chi connectivity index (χ1v) is 10.3. The van der Waals surface area contributed by atoms with Gasteiger partial charge < -0.3 is 21.3 Å². The van der Waals surface area contributed by atoms with Gasteiger partial charge in [-0.2, -0.15) is 0 Å². The molecule has 0 bridgehead atoms. The Kier molecular flexibility index (Phi) is 5.85. The van der Waals surface area contributed by atoms with Crippen LogP contribution in [0.25, 0.3) is 0 Å². The Bertz CT molecular complexity index is 993. The zero-order chi connectivity index (χ0) is 22.0. The maximum Gasteiger partial charge on any atom is 0.256 e. The maximum absolute atomic E-state index is 12.4. The van der Waals surface area contributed by atoms with Crippen LogP contribution in [0.5, 0.6) is 0 Å². The minimum atomic E-state index is -0.348. The van der Waals surface area contributed by atoms with Crippen molar-refractivity contribution in [1.29, 1.82) is 0 Å². The summed E-state index contributed by atoms with van der Waals surface area (Å²) in [5.41, 5.74) is 7.49. The molecule has 3 heterocycles. The van der Waals surface area contributed by atoms with Gasteiger partial charge in [0.1, 0.15) is 12.0 Å². The summed E-state index contributed by atoms with van der Waals surface area (Å²) in [5, 5.41) is 5.87. The highest BCUT2D eigenvalue weighted by molar-refractivity contribution is 6.01. The fraction of sp³-hybridized carbons (Fsp3) is 0.364. The minimum absolute atomic E-state index is 0.140. The van der Waals surface area contributed by atoms with Crippen molar-refractivity contribution >= 4 is 29.2 Å². The molecule has 4 rings (SSSR count). The van der Waals surface area contributed by atoms with Gasteiger partial charge in [-0.1, -0.05) is 12.1 Å². The molecule has 0 saturated carbocycles. The van der Waals surface area contributed by atoms with Crippen molar-refractivity contribution < 1.29 is 14.4 Å². The molecule has 0 spiro atoms. The molecule has 4 N–H and O–H groups in total. The second-order valence-electron chi connectivity index (χ2n) is 8.01. The van der Waals surface area contributed by atoms with Crippen molar-refractivity contribution in [3.05, 3.63) is 53.7 Å². The van der Waals surface area contributed by atoms with Crippen molar-refractivity contribution in [1.82, 2.24) is 15.2 Å². The second-order valence-corrected chi connectivity index (χ2v) is 8.01. The molecule has 31 heavy (non-hydrogen) atoms. The van der Waals surface area contributed by atoms with Crippen LogP contribution in [0.4, 0.5) is 11.5 Å². The predicted molar refractivity (Wildman–Crippen MR) is 116 cm³/mol. The Morgan fingerprint density at radius 2 is 2.03 bits per heavy atom. The lowest BCUT2D eigenvalue weighted by Gasteiger charge is -2.35. The van der Waals surface area contributed by atoms with E-state index in [1.54, 1.807) is 18.3 Å². The van der Waals surface area contributed by atoms with E-state index in [-0.39, 0.29) is 36.3 Å². The summed E-state index contributed by atoms with van der Waals surface area (Å²) in [7, 11) is 1.88. The third kappa shape index (κ3) is 4.51. The number of fused-ring (bicyclic) bond motifs is 1. The molecule has 0 unspecified atom stereocenters. The molecule has 9 heteroatoms. The first-order valence-electron chi connectivity index (χ1n) is 10.3. The van der Waals surface area contributed by atoms with E-state index in [9.17, 15) is 14.4 Å². The highest BCUT2D eigenvalue weighted by Gasteiger charge is 2.30. The number of carbonyl (C=O) groups excluding carboxylic acids is 3. The fourth-order valence-electron chi connectivity index (χ4n) is 4.17. The highest BCUT2D eigenvalue weighted by Crippen LogP contribution is 2.30. The molecule has 162 valence electrons. The number of hydrogen-bond acceptors (Lipinski definition) is 6. The number of benzene rings is 1. The topological polar surface area (TPSA) is 121 Å². The van der Waals surface area contributed by atoms with Gasteiger partial charge in [-0.3, -0.25) is 19.3 Å². The van der Waals surface area contributed by atoms with Crippen molar-refractivity contribution in [2.75, 3.05) is 36.9 Å². The number of nitrogens with two attached hydrogens (primary N) is 1. The molecule has 2 aromatic rings. The van der Waals surface area contributed by atoms with Crippen molar-refractivity contribution in [3.63, 3.8) is 0 Å². The van der Waals surface area contributed by atoms with E-state index < -0.39 is 0 Å². The number of primary amides is 1. The van der Waals surface area contributed by atoms with Gasteiger partial charge in [0.05, 0.1) is 18.0 Å². The van der Waals surface area contributed by atoms with Crippen LogP contribution in [0.1, 0.15) is 34.9 Å². The normalized spacial score (nSPS) is 21.2. The fourth-order valence-corrected chi connectivity index (χ4v) is 4.17. The molecule has 1 saturated heterocycles. The van der Waals surface area contributed by atoms with Crippen molar-refractivity contribution in [3.8, 4) is 0 Å². The smallest absolute Gasteiger partial charge is 0.256 e. The SMILES string of the molecule is CN1c2ncccc2C(=O)N[C@H]1c1ccc(NC(=O)CN2CCC[C@H](C(N)=O)C2)cc1. The van der Waals surface area contributed by atoms with E-state index in [0.29, 0.717) is 23.6 Å². The molecule has 2 aliphatic heterocycles. The summed E-state index contributed by atoms with van der Waals surface area (Å²) in [6.45, 7) is 1.51. The Balaban J connectivity index is 1.38. The van der Waals surface area contributed by atoms with Gasteiger partial charge in [-0.25, -0.2) is 4.98 Å². The molecule has 1 fully saturated rings. The molecule has 9 nitrogen and oxygen atoms in total. The van der Waals surface area contributed by atoms with Crippen LogP contribution in [0.2, 0.25) is 0 Å². The number of pyridine rings is 1. The average Bonchev–Trinajstić information content (AvgIpc) is 2.77. The van der Waals surface area contributed by atoms with E-state index in [1.165, 1.54) is 0 Å². The number of nitrogens with zero attached hydrogens (tertiary/aromatic N) is 3. The summed E-state index contributed by atoms with van der Waals surface area (Å²) in [6.07, 6.45) is 2.95. The average molecular weight is 422 g/mol. The molecule has 0 radical (unpaired) electrons. The second kappa shape index (κ2) is 8.73. The van der Waals surface area contributed by atoms with Crippen molar-refractivity contribution in [2.24, 2.45) is 11.7 Å². The van der Waals surface area contributed by atoms with Crippen LogP contribution < -0.4 is 21.3 Å². The van der Waals surface area contributed by atoms with Gasteiger partial charge in [-0.05, 0) is 49.2 Å². The zero-order valence-electron chi connectivity index (χ0n) is 17.4. The summed E-state index contributed by atoms with van der Waals surface area (Å²) in [4.78, 5) is 44.5. The summed E-state index contributed by atoms with van der Waals surface area (Å²) >= 11 is 0. The Labute approximate surface area is 180 Å². The van der Waals surface area contributed by atoms with Gasteiger partial charge >= 0.3 is 0 Å². The van der Waals surface area contributed by atoms with Crippen LogP contribution in [-0.2, 0) is 9.59 Å². The quantitative estimate of drug-likeness (QED) is 0.664. The van der Waals surface area contributed by atoms with Gasteiger partial charge in [0.25, 0.3) is 5.91 Å². The lowest BCUT2D eigenvalue weighted by Crippen LogP contribution is -2.45. The lowest BCUT2D eigenvalue weighted by atomic mass is 9.97. The Hall–Kier alpha value is -3.46. The molecule has 3 amide bonds. The number of anilines is 2. The molecular formula is C22H26N6O3. The standard InChI is InChI=1S/C22H26N6O3/c1-27-20(26-22(31)17-5-2-10-24-21(17)27)14-6-8-16(9-7-14)25-18(29)13-28-11-3-4-15(12-28)19(23)30/h2,5-10,15,20H,3-4,11-13H2,1H3,(H2,23,30)(H,25,29)(H,26,31)/t15-,20+/m0/s1. The van der Waals surface area contributed by atoms with Gasteiger partial charge in [0.15, 0.2) is 0 Å². The van der Waals surface area contributed by atoms with Gasteiger partial charge in [0, 0.05) is 25.5 Å². The largest absolute Gasteiger partial charge is 0.369 e. The minimum Gasteiger partial charge on any atom is -0.369 e. The zero-order valence-corrected chi connectivity index (χ0v) is 17.4. The number of nitrogens with one attached hydrogen (secondary N) is 2. The summed E-state index contributed by atoms with van der Waals surface area (Å²) in [5.74, 6) is -0.177. The van der Waals surface area contributed by atoms with E-state index in [4.69, 9.17) is 5.73 Å². The summed E-state index contributed by atoms with van der Waals surface area (Å²) < 4.78 is 0. The van der Waals surface area contributed by atoms with E-state index in [1.807, 2.05) is 41.1 Å². The van der Waals surface area contributed by atoms with Gasteiger partial charge in [0.2, 0.25) is 11.8 Å². The Morgan fingerprint density at radius 1 is 1.26 bits per heavy atom. The Morgan fingerprint density at radius 3 is 2.77 bits per heavy atom. The number of likely N-dealkylation sites (tertiary alicyclic amines) is 1. The molecule has 2 aliphatic rings. The van der Waals surface area contributed by atoms with E-state index in [2.05, 4.69) is 15.6 Å². The molecular weight excluding hydrogens is 396 g/mol.